The number of fused-ring (bicyclic) bond motifs is 1. The van der Waals surface area contributed by atoms with E-state index >= 15 is 0 Å². The van der Waals surface area contributed by atoms with Gasteiger partial charge in [-0.3, -0.25) is 9.69 Å². The molecule has 2 aliphatic rings. The van der Waals surface area contributed by atoms with E-state index in [0.717, 1.165) is 35.0 Å². The van der Waals surface area contributed by atoms with E-state index in [1.165, 1.54) is 0 Å². The van der Waals surface area contributed by atoms with Crippen LogP contribution < -0.4 is 4.90 Å². The topological polar surface area (TPSA) is 60.9 Å². The van der Waals surface area contributed by atoms with Crippen molar-refractivity contribution < 1.29 is 14.7 Å². The first-order chi connectivity index (χ1) is 10.9. The lowest BCUT2D eigenvalue weighted by atomic mass is 9.85. The highest BCUT2D eigenvalue weighted by Crippen LogP contribution is 2.44. The molecular formula is C17H21BrN2O3. The largest absolute Gasteiger partial charge is 0.465 e. The van der Waals surface area contributed by atoms with Crippen molar-refractivity contribution in [3.8, 4) is 0 Å². The minimum Gasteiger partial charge on any atom is -0.465 e. The SMILES string of the molecule is CC(=O)N1c2ccc(Br)cc2[C@H](N(C(=O)O)C2CCC2)C[C@@H]1C. The van der Waals surface area contributed by atoms with Crippen LogP contribution in [0.4, 0.5) is 10.5 Å². The number of amides is 2. The molecule has 1 heterocycles. The van der Waals surface area contributed by atoms with Gasteiger partial charge in [0.05, 0.1) is 6.04 Å². The maximum atomic E-state index is 12.1. The number of hydrogen-bond donors (Lipinski definition) is 1. The van der Waals surface area contributed by atoms with Crippen molar-refractivity contribution in [2.45, 2.75) is 57.7 Å². The average Bonchev–Trinajstić information content (AvgIpc) is 2.41. The van der Waals surface area contributed by atoms with Crippen LogP contribution in [-0.2, 0) is 4.79 Å². The van der Waals surface area contributed by atoms with Gasteiger partial charge in [0.1, 0.15) is 0 Å². The zero-order chi connectivity index (χ0) is 16.7. The normalized spacial score (nSPS) is 23.9. The number of anilines is 1. The fourth-order valence-electron chi connectivity index (χ4n) is 3.76. The zero-order valence-electron chi connectivity index (χ0n) is 13.3. The first kappa shape index (κ1) is 16.3. The molecule has 1 saturated carbocycles. The smallest absolute Gasteiger partial charge is 0.408 e. The van der Waals surface area contributed by atoms with E-state index in [1.807, 2.05) is 25.1 Å². The van der Waals surface area contributed by atoms with Crippen LogP contribution in [0.25, 0.3) is 0 Å². The molecule has 2 atom stereocenters. The lowest BCUT2D eigenvalue weighted by molar-refractivity contribution is -0.117. The fourth-order valence-corrected chi connectivity index (χ4v) is 4.14. The van der Waals surface area contributed by atoms with E-state index in [-0.39, 0.29) is 24.0 Å². The summed E-state index contributed by atoms with van der Waals surface area (Å²) in [6.45, 7) is 3.55. The van der Waals surface area contributed by atoms with Gasteiger partial charge in [0.15, 0.2) is 0 Å². The molecule has 124 valence electrons. The Morgan fingerprint density at radius 3 is 2.57 bits per heavy atom. The van der Waals surface area contributed by atoms with E-state index in [9.17, 15) is 14.7 Å². The minimum absolute atomic E-state index is 0.00922. The number of nitrogens with zero attached hydrogens (tertiary/aromatic N) is 2. The molecule has 0 unspecified atom stereocenters. The van der Waals surface area contributed by atoms with Crippen molar-refractivity contribution in [3.05, 3.63) is 28.2 Å². The van der Waals surface area contributed by atoms with Crippen molar-refractivity contribution in [1.82, 2.24) is 4.90 Å². The Labute approximate surface area is 144 Å². The molecule has 6 heteroatoms. The van der Waals surface area contributed by atoms with Gasteiger partial charge in [-0.25, -0.2) is 4.79 Å². The van der Waals surface area contributed by atoms with Gasteiger partial charge in [0.25, 0.3) is 0 Å². The lowest BCUT2D eigenvalue weighted by Crippen LogP contribution is -2.51. The summed E-state index contributed by atoms with van der Waals surface area (Å²) in [5, 5.41) is 9.75. The van der Waals surface area contributed by atoms with Gasteiger partial charge in [-0.1, -0.05) is 15.9 Å². The van der Waals surface area contributed by atoms with Crippen LogP contribution in [0.15, 0.2) is 22.7 Å². The van der Waals surface area contributed by atoms with Crippen molar-refractivity contribution in [2.75, 3.05) is 4.90 Å². The first-order valence-electron chi connectivity index (χ1n) is 8.00. The molecule has 23 heavy (non-hydrogen) atoms. The average molecular weight is 381 g/mol. The summed E-state index contributed by atoms with van der Waals surface area (Å²) in [5.41, 5.74) is 1.75. The van der Waals surface area contributed by atoms with Crippen molar-refractivity contribution >= 4 is 33.6 Å². The lowest BCUT2D eigenvalue weighted by Gasteiger charge is -2.46. The maximum Gasteiger partial charge on any atom is 0.408 e. The predicted molar refractivity (Wildman–Crippen MR) is 91.6 cm³/mol. The Balaban J connectivity index is 2.07. The second-order valence-corrected chi connectivity index (χ2v) is 7.38. The number of rotatable bonds is 2. The minimum atomic E-state index is -0.867. The second-order valence-electron chi connectivity index (χ2n) is 6.47. The standard InChI is InChI=1S/C17H21BrN2O3/c1-10-8-16(20(17(22)23)13-4-3-5-13)14-9-12(18)6-7-15(14)19(10)11(2)21/h6-7,9-10,13,16H,3-5,8H2,1-2H3,(H,22,23)/t10-,16+/m0/s1. The number of hydrogen-bond acceptors (Lipinski definition) is 2. The van der Waals surface area contributed by atoms with Crippen LogP contribution in [0.2, 0.25) is 0 Å². The number of halogens is 1. The van der Waals surface area contributed by atoms with E-state index in [0.29, 0.717) is 6.42 Å². The maximum absolute atomic E-state index is 12.1. The molecular weight excluding hydrogens is 360 g/mol. The zero-order valence-corrected chi connectivity index (χ0v) is 14.9. The van der Waals surface area contributed by atoms with Gasteiger partial charge in [-0.05, 0) is 56.4 Å². The summed E-state index contributed by atoms with van der Waals surface area (Å²) < 4.78 is 0.901. The molecule has 1 aliphatic carbocycles. The summed E-state index contributed by atoms with van der Waals surface area (Å²) in [5.74, 6) is -0.00922. The van der Waals surface area contributed by atoms with Gasteiger partial charge < -0.3 is 10.0 Å². The highest BCUT2D eigenvalue weighted by molar-refractivity contribution is 9.10. The second kappa shape index (κ2) is 6.15. The third-order valence-electron chi connectivity index (χ3n) is 4.98. The molecule has 1 aromatic rings. The van der Waals surface area contributed by atoms with Crippen LogP contribution in [0, 0.1) is 0 Å². The summed E-state index contributed by atoms with van der Waals surface area (Å²) in [6.07, 6.45) is 2.70. The number of carbonyl (C=O) groups excluding carboxylic acids is 1. The molecule has 5 nitrogen and oxygen atoms in total. The molecule has 2 amide bonds. The molecule has 1 N–H and O–H groups in total. The van der Waals surface area contributed by atoms with Gasteiger partial charge in [0.2, 0.25) is 5.91 Å². The van der Waals surface area contributed by atoms with Crippen molar-refractivity contribution in [2.24, 2.45) is 0 Å². The van der Waals surface area contributed by atoms with Crippen molar-refractivity contribution in [1.29, 1.82) is 0 Å². The third kappa shape index (κ3) is 2.84. The van der Waals surface area contributed by atoms with Gasteiger partial charge in [-0.15, -0.1) is 0 Å². The summed E-state index contributed by atoms with van der Waals surface area (Å²) in [7, 11) is 0. The first-order valence-corrected chi connectivity index (χ1v) is 8.80. The van der Waals surface area contributed by atoms with Crippen LogP contribution >= 0.6 is 15.9 Å². The summed E-state index contributed by atoms with van der Waals surface area (Å²) in [6, 6.07) is 5.64. The van der Waals surface area contributed by atoms with E-state index in [2.05, 4.69) is 15.9 Å². The Morgan fingerprint density at radius 2 is 2.04 bits per heavy atom. The Hall–Kier alpha value is -1.56. The van der Waals surface area contributed by atoms with E-state index in [4.69, 9.17) is 0 Å². The molecule has 0 spiro atoms. The van der Waals surface area contributed by atoms with Crippen LogP contribution in [0.5, 0.6) is 0 Å². The van der Waals surface area contributed by atoms with E-state index in [1.54, 1.807) is 16.7 Å². The van der Waals surface area contributed by atoms with Crippen LogP contribution in [-0.4, -0.2) is 34.1 Å². The molecule has 1 aliphatic heterocycles. The Kier molecular flexibility index (Phi) is 4.36. The third-order valence-corrected chi connectivity index (χ3v) is 5.47. The Morgan fingerprint density at radius 1 is 1.35 bits per heavy atom. The molecule has 0 bridgehead atoms. The Bertz CT molecular complexity index is 645. The van der Waals surface area contributed by atoms with Gasteiger partial charge >= 0.3 is 6.09 Å². The predicted octanol–water partition coefficient (Wildman–Crippen LogP) is 4.17. The highest BCUT2D eigenvalue weighted by Gasteiger charge is 2.41. The molecule has 0 radical (unpaired) electrons. The molecule has 1 aromatic carbocycles. The molecule has 1 fully saturated rings. The highest BCUT2D eigenvalue weighted by atomic mass is 79.9. The number of benzene rings is 1. The quantitative estimate of drug-likeness (QED) is 0.837. The monoisotopic (exact) mass is 380 g/mol. The molecule has 0 saturated heterocycles. The summed E-state index contributed by atoms with van der Waals surface area (Å²) in [4.78, 5) is 27.3. The van der Waals surface area contributed by atoms with Gasteiger partial charge in [0, 0.05) is 29.2 Å². The molecule has 3 rings (SSSR count). The van der Waals surface area contributed by atoms with Gasteiger partial charge in [-0.2, -0.15) is 0 Å². The summed E-state index contributed by atoms with van der Waals surface area (Å²) >= 11 is 3.47. The molecule has 0 aromatic heterocycles. The number of carboxylic acid groups (broad SMARTS) is 1. The van der Waals surface area contributed by atoms with Crippen molar-refractivity contribution in [3.63, 3.8) is 0 Å². The van der Waals surface area contributed by atoms with E-state index < -0.39 is 6.09 Å². The fraction of sp³-hybridized carbons (Fsp3) is 0.529. The number of carbonyl (C=O) groups is 2. The van der Waals surface area contributed by atoms with Crippen LogP contribution in [0.3, 0.4) is 0 Å². The van der Waals surface area contributed by atoms with Crippen LogP contribution in [0.1, 0.15) is 51.1 Å².